The lowest BCUT2D eigenvalue weighted by atomic mass is 10.1. The van der Waals surface area contributed by atoms with E-state index in [1.54, 1.807) is 17.1 Å². The van der Waals surface area contributed by atoms with E-state index in [0.29, 0.717) is 22.8 Å². The van der Waals surface area contributed by atoms with Crippen LogP contribution in [-0.4, -0.2) is 20.7 Å². The zero-order chi connectivity index (χ0) is 23.4. The van der Waals surface area contributed by atoms with Crippen LogP contribution in [-0.2, 0) is 13.5 Å². The van der Waals surface area contributed by atoms with Crippen LogP contribution >= 0.6 is 0 Å². The van der Waals surface area contributed by atoms with Crippen molar-refractivity contribution in [3.05, 3.63) is 89.9 Å². The molecular formula is C26H27N5O2. The molecule has 2 heterocycles. The Morgan fingerprint density at radius 1 is 1.12 bits per heavy atom. The van der Waals surface area contributed by atoms with Crippen LogP contribution in [0.15, 0.2) is 73.2 Å². The largest absolute Gasteiger partial charge is 0.482 e. The van der Waals surface area contributed by atoms with Crippen molar-refractivity contribution < 1.29 is 9.53 Å². The zero-order valence-corrected chi connectivity index (χ0v) is 18.9. The Balaban J connectivity index is 1.50. The number of aryl methyl sites for hydroxylation is 2. The highest BCUT2D eigenvalue weighted by molar-refractivity contribution is 6.04. The summed E-state index contributed by atoms with van der Waals surface area (Å²) in [6, 6.07) is 17.1. The minimum atomic E-state index is -0.307. The van der Waals surface area contributed by atoms with Crippen LogP contribution < -0.4 is 15.8 Å². The van der Waals surface area contributed by atoms with Gasteiger partial charge in [-0.2, -0.15) is 5.10 Å². The number of carbonyl (C=O) groups is 1. The second kappa shape index (κ2) is 9.56. The van der Waals surface area contributed by atoms with Gasteiger partial charge >= 0.3 is 0 Å². The van der Waals surface area contributed by atoms with Crippen molar-refractivity contribution in [3.63, 3.8) is 0 Å². The lowest BCUT2D eigenvalue weighted by Gasteiger charge is -2.17. The number of nitrogens with one attached hydrogen (secondary N) is 1. The number of nitrogen functional groups attached to an aromatic ring is 1. The summed E-state index contributed by atoms with van der Waals surface area (Å²) >= 11 is 0. The maximum atomic E-state index is 12.7. The van der Waals surface area contributed by atoms with Crippen molar-refractivity contribution in [3.8, 4) is 16.9 Å². The molecule has 7 nitrogen and oxygen atoms in total. The number of pyridine rings is 1. The molecule has 0 saturated carbocycles. The molecule has 0 aliphatic heterocycles. The third-order valence-corrected chi connectivity index (χ3v) is 5.44. The maximum absolute atomic E-state index is 12.7. The molecule has 168 valence electrons. The summed E-state index contributed by atoms with van der Waals surface area (Å²) in [5.41, 5.74) is 11.2. The first-order valence-corrected chi connectivity index (χ1v) is 10.8. The van der Waals surface area contributed by atoms with E-state index in [1.807, 2.05) is 74.8 Å². The highest BCUT2D eigenvalue weighted by Gasteiger charge is 2.14. The summed E-state index contributed by atoms with van der Waals surface area (Å²) in [5, 5.41) is 7.17. The molecule has 3 N–H and O–H groups in total. The first-order chi connectivity index (χ1) is 15.9. The molecule has 1 atom stereocenters. The lowest BCUT2D eigenvalue weighted by molar-refractivity contribution is 0.102. The fraction of sp³-hybridized carbons (Fsp3) is 0.192. The van der Waals surface area contributed by atoms with Crippen LogP contribution in [0.5, 0.6) is 5.75 Å². The molecule has 33 heavy (non-hydrogen) atoms. The minimum Gasteiger partial charge on any atom is -0.482 e. The average Bonchev–Trinajstić information content (AvgIpc) is 3.27. The molecule has 2 aromatic carbocycles. The van der Waals surface area contributed by atoms with Gasteiger partial charge in [-0.1, -0.05) is 31.2 Å². The Morgan fingerprint density at radius 2 is 1.94 bits per heavy atom. The summed E-state index contributed by atoms with van der Waals surface area (Å²) in [7, 11) is 1.86. The smallest absolute Gasteiger partial charge is 0.255 e. The molecule has 0 aliphatic rings. The van der Waals surface area contributed by atoms with Crippen molar-refractivity contribution in [2.24, 2.45) is 7.05 Å². The van der Waals surface area contributed by atoms with E-state index in [2.05, 4.69) is 22.3 Å². The number of aromatic nitrogens is 3. The standard InChI is InChI=1S/C26H27N5O2/c1-4-18-7-5-9-20(11-18)26(32)30-23-10-6-8-19(12-23)17(2)33-24-13-21(14-28-25(24)27)22-15-29-31(3)16-22/h5-17H,4H2,1-3H3,(H2,27,28)(H,30,32). The van der Waals surface area contributed by atoms with Gasteiger partial charge < -0.3 is 15.8 Å². The summed E-state index contributed by atoms with van der Waals surface area (Å²) in [6.07, 6.45) is 5.95. The molecule has 0 saturated heterocycles. The third-order valence-electron chi connectivity index (χ3n) is 5.44. The fourth-order valence-corrected chi connectivity index (χ4v) is 3.54. The number of rotatable bonds is 7. The second-order valence-electron chi connectivity index (χ2n) is 7.90. The Morgan fingerprint density at radius 3 is 2.70 bits per heavy atom. The van der Waals surface area contributed by atoms with Gasteiger partial charge in [0, 0.05) is 41.8 Å². The molecule has 7 heteroatoms. The van der Waals surface area contributed by atoms with Crippen molar-refractivity contribution >= 4 is 17.4 Å². The number of hydrogen-bond acceptors (Lipinski definition) is 5. The van der Waals surface area contributed by atoms with E-state index in [9.17, 15) is 4.79 Å². The Hall–Kier alpha value is -4.13. The SMILES string of the molecule is CCc1cccc(C(=O)Nc2cccc(C(C)Oc3cc(-c4cnn(C)c4)cnc3N)c2)c1. The number of carbonyl (C=O) groups excluding carboxylic acids is 1. The quantitative estimate of drug-likeness (QED) is 0.420. The Kier molecular flexibility index (Phi) is 6.40. The van der Waals surface area contributed by atoms with Gasteiger partial charge in [0.25, 0.3) is 5.91 Å². The number of nitrogens with zero attached hydrogens (tertiary/aromatic N) is 3. The number of hydrogen-bond donors (Lipinski definition) is 2. The van der Waals surface area contributed by atoms with Gasteiger partial charge in [-0.25, -0.2) is 4.98 Å². The van der Waals surface area contributed by atoms with E-state index < -0.39 is 0 Å². The average molecular weight is 442 g/mol. The molecule has 0 radical (unpaired) electrons. The van der Waals surface area contributed by atoms with E-state index >= 15 is 0 Å². The van der Waals surface area contributed by atoms with Crippen LogP contribution in [0.1, 0.15) is 41.4 Å². The maximum Gasteiger partial charge on any atom is 0.255 e. The molecule has 4 rings (SSSR count). The predicted octanol–water partition coefficient (Wildman–Crippen LogP) is 5.02. The van der Waals surface area contributed by atoms with Gasteiger partial charge in [0.05, 0.1) is 6.20 Å². The summed E-state index contributed by atoms with van der Waals surface area (Å²) in [6.45, 7) is 4.00. The van der Waals surface area contributed by atoms with Gasteiger partial charge in [-0.3, -0.25) is 9.48 Å². The molecule has 0 bridgehead atoms. The van der Waals surface area contributed by atoms with Crippen molar-refractivity contribution in [1.82, 2.24) is 14.8 Å². The zero-order valence-electron chi connectivity index (χ0n) is 18.9. The van der Waals surface area contributed by atoms with Gasteiger partial charge in [-0.05, 0) is 54.8 Å². The molecule has 0 spiro atoms. The highest BCUT2D eigenvalue weighted by atomic mass is 16.5. The first-order valence-electron chi connectivity index (χ1n) is 10.8. The topological polar surface area (TPSA) is 95.1 Å². The van der Waals surface area contributed by atoms with Crippen molar-refractivity contribution in [2.45, 2.75) is 26.4 Å². The fourth-order valence-electron chi connectivity index (χ4n) is 3.54. The van der Waals surface area contributed by atoms with Gasteiger partial charge in [0.1, 0.15) is 6.10 Å². The molecule has 4 aromatic rings. The van der Waals surface area contributed by atoms with Crippen LogP contribution in [0.3, 0.4) is 0 Å². The number of ether oxygens (including phenoxy) is 1. The molecular weight excluding hydrogens is 414 g/mol. The van der Waals surface area contributed by atoms with E-state index in [1.165, 1.54) is 0 Å². The summed E-state index contributed by atoms with van der Waals surface area (Å²) in [5.74, 6) is 0.665. The first kappa shape index (κ1) is 22.1. The number of anilines is 2. The molecule has 2 aromatic heterocycles. The van der Waals surface area contributed by atoms with Crippen LogP contribution in [0.2, 0.25) is 0 Å². The molecule has 1 unspecified atom stereocenters. The van der Waals surface area contributed by atoms with Crippen LogP contribution in [0, 0.1) is 0 Å². The molecule has 0 aliphatic carbocycles. The number of benzene rings is 2. The van der Waals surface area contributed by atoms with Gasteiger partial charge in [0.15, 0.2) is 11.6 Å². The van der Waals surface area contributed by atoms with Gasteiger partial charge in [0.2, 0.25) is 0 Å². The summed E-state index contributed by atoms with van der Waals surface area (Å²) < 4.78 is 7.88. The van der Waals surface area contributed by atoms with Crippen LogP contribution in [0.4, 0.5) is 11.5 Å². The van der Waals surface area contributed by atoms with E-state index in [4.69, 9.17) is 10.5 Å². The van der Waals surface area contributed by atoms with Crippen molar-refractivity contribution in [1.29, 1.82) is 0 Å². The Bertz CT molecular complexity index is 1280. The second-order valence-corrected chi connectivity index (χ2v) is 7.90. The molecule has 1 amide bonds. The molecule has 0 fully saturated rings. The minimum absolute atomic E-state index is 0.145. The van der Waals surface area contributed by atoms with Crippen LogP contribution in [0.25, 0.3) is 11.1 Å². The van der Waals surface area contributed by atoms with E-state index in [-0.39, 0.29) is 12.0 Å². The number of amides is 1. The normalized spacial score (nSPS) is 11.7. The van der Waals surface area contributed by atoms with Crippen molar-refractivity contribution in [2.75, 3.05) is 11.1 Å². The Labute approximate surface area is 193 Å². The summed E-state index contributed by atoms with van der Waals surface area (Å²) in [4.78, 5) is 17.0. The number of nitrogens with two attached hydrogens (primary N) is 1. The monoisotopic (exact) mass is 441 g/mol. The predicted molar refractivity (Wildman–Crippen MR) is 130 cm³/mol. The third kappa shape index (κ3) is 5.20. The highest BCUT2D eigenvalue weighted by Crippen LogP contribution is 2.31. The van der Waals surface area contributed by atoms with E-state index in [0.717, 1.165) is 28.7 Å². The lowest BCUT2D eigenvalue weighted by Crippen LogP contribution is -2.13. The van der Waals surface area contributed by atoms with Gasteiger partial charge in [-0.15, -0.1) is 0 Å².